The molecule has 5 nitrogen and oxygen atoms in total. The number of esters is 1. The number of nitroso groups, excluding NO2 is 1. The van der Waals surface area contributed by atoms with Crippen LogP contribution in [0.3, 0.4) is 0 Å². The maximum absolute atomic E-state index is 11.2. The van der Waals surface area contributed by atoms with Crippen LogP contribution in [0, 0.1) is 4.91 Å². The molecule has 1 heterocycles. The highest BCUT2D eigenvalue weighted by molar-refractivity contribution is 5.87. The first kappa shape index (κ1) is 10.4. The summed E-state index contributed by atoms with van der Waals surface area (Å²) in [6, 6.07) is 7.27. The van der Waals surface area contributed by atoms with Gasteiger partial charge in [-0.1, -0.05) is 18.2 Å². The molecule has 0 saturated heterocycles. The summed E-state index contributed by atoms with van der Waals surface area (Å²) < 4.78 is 5.80. The SMILES string of the molecule is COC(=O)Cc1cn(N=O)c2ccccc12. The smallest absolute Gasteiger partial charge is 0.310 e. The summed E-state index contributed by atoms with van der Waals surface area (Å²) >= 11 is 0. The minimum Gasteiger partial charge on any atom is -0.469 e. The number of fused-ring (bicyclic) bond motifs is 1. The molecule has 0 aliphatic rings. The average Bonchev–Trinajstić information content (AvgIpc) is 2.68. The van der Waals surface area contributed by atoms with Gasteiger partial charge in [-0.05, 0) is 11.6 Å². The molecule has 2 aromatic rings. The van der Waals surface area contributed by atoms with Gasteiger partial charge < -0.3 is 4.74 Å². The van der Waals surface area contributed by atoms with Crippen LogP contribution < -0.4 is 0 Å². The Labute approximate surface area is 91.6 Å². The van der Waals surface area contributed by atoms with Crippen molar-refractivity contribution in [1.82, 2.24) is 4.68 Å². The van der Waals surface area contributed by atoms with Crippen molar-refractivity contribution in [3.63, 3.8) is 0 Å². The number of benzene rings is 1. The van der Waals surface area contributed by atoms with Crippen molar-refractivity contribution >= 4 is 16.9 Å². The van der Waals surface area contributed by atoms with Crippen molar-refractivity contribution in [2.45, 2.75) is 6.42 Å². The number of methoxy groups -OCH3 is 1. The first-order valence-corrected chi connectivity index (χ1v) is 4.75. The lowest BCUT2D eigenvalue weighted by molar-refractivity contribution is -0.139. The maximum atomic E-state index is 11.2. The summed E-state index contributed by atoms with van der Waals surface area (Å²) in [5.74, 6) is -0.339. The molecule has 0 amide bonds. The zero-order chi connectivity index (χ0) is 11.5. The molecule has 0 fully saturated rings. The van der Waals surface area contributed by atoms with E-state index in [1.165, 1.54) is 11.8 Å². The van der Waals surface area contributed by atoms with E-state index in [0.717, 1.165) is 10.9 Å². The average molecular weight is 218 g/mol. The van der Waals surface area contributed by atoms with Gasteiger partial charge in [0.05, 0.1) is 24.3 Å². The van der Waals surface area contributed by atoms with E-state index < -0.39 is 0 Å². The number of para-hydroxylation sites is 1. The number of carbonyl (C=O) groups is 1. The highest BCUT2D eigenvalue weighted by atomic mass is 16.5. The van der Waals surface area contributed by atoms with Crippen molar-refractivity contribution in [3.8, 4) is 0 Å². The van der Waals surface area contributed by atoms with Crippen LogP contribution in [-0.2, 0) is 16.0 Å². The largest absolute Gasteiger partial charge is 0.469 e. The number of carbonyl (C=O) groups excluding carboxylic acids is 1. The number of rotatable bonds is 3. The van der Waals surface area contributed by atoms with Gasteiger partial charge in [-0.3, -0.25) is 4.79 Å². The van der Waals surface area contributed by atoms with Gasteiger partial charge in [-0.15, -0.1) is 4.91 Å². The lowest BCUT2D eigenvalue weighted by Crippen LogP contribution is -2.03. The normalized spacial score (nSPS) is 10.3. The Kier molecular flexibility index (Phi) is 2.68. The van der Waals surface area contributed by atoms with Crippen molar-refractivity contribution in [3.05, 3.63) is 40.9 Å². The minimum atomic E-state index is -0.339. The number of aromatic nitrogens is 1. The number of ether oxygens (including phenoxy) is 1. The van der Waals surface area contributed by atoms with Gasteiger partial charge in [-0.2, -0.15) is 0 Å². The van der Waals surface area contributed by atoms with Crippen LogP contribution in [0.5, 0.6) is 0 Å². The highest BCUT2D eigenvalue weighted by Gasteiger charge is 2.11. The van der Waals surface area contributed by atoms with Gasteiger partial charge >= 0.3 is 5.97 Å². The Bertz CT molecular complexity index is 545. The van der Waals surface area contributed by atoms with E-state index in [4.69, 9.17) is 0 Å². The summed E-state index contributed by atoms with van der Waals surface area (Å²) in [5, 5.41) is 3.71. The fourth-order valence-electron chi connectivity index (χ4n) is 1.67. The summed E-state index contributed by atoms with van der Waals surface area (Å²) in [6.45, 7) is 0. The van der Waals surface area contributed by atoms with E-state index in [2.05, 4.69) is 10.0 Å². The first-order chi connectivity index (χ1) is 7.76. The van der Waals surface area contributed by atoms with E-state index in [0.29, 0.717) is 5.52 Å². The van der Waals surface area contributed by atoms with Crippen LogP contribution in [0.2, 0.25) is 0 Å². The standard InChI is InChI=1S/C11H10N2O3/c1-16-11(14)6-8-7-13(12-15)10-5-3-2-4-9(8)10/h2-5,7H,6H2,1H3. The van der Waals surface area contributed by atoms with Gasteiger partial charge in [0.2, 0.25) is 0 Å². The molecule has 82 valence electrons. The topological polar surface area (TPSA) is 60.7 Å². The highest BCUT2D eigenvalue weighted by Crippen LogP contribution is 2.21. The fourth-order valence-corrected chi connectivity index (χ4v) is 1.67. The Morgan fingerprint density at radius 1 is 1.44 bits per heavy atom. The van der Waals surface area contributed by atoms with E-state index in [1.54, 1.807) is 12.3 Å². The molecule has 0 radical (unpaired) electrons. The molecule has 0 atom stereocenters. The molecule has 0 aliphatic heterocycles. The molecule has 16 heavy (non-hydrogen) atoms. The monoisotopic (exact) mass is 218 g/mol. The first-order valence-electron chi connectivity index (χ1n) is 4.75. The number of nitrogens with zero attached hydrogens (tertiary/aromatic N) is 2. The van der Waals surface area contributed by atoms with Crippen LogP contribution in [0.4, 0.5) is 0 Å². The summed E-state index contributed by atoms with van der Waals surface area (Å²) in [7, 11) is 1.33. The van der Waals surface area contributed by atoms with Gasteiger partial charge in [0.1, 0.15) is 0 Å². The molecule has 0 aliphatic carbocycles. The van der Waals surface area contributed by atoms with Crippen LogP contribution in [-0.4, -0.2) is 17.8 Å². The zero-order valence-corrected chi connectivity index (χ0v) is 8.71. The molecule has 0 unspecified atom stereocenters. The third kappa shape index (κ3) is 1.67. The van der Waals surface area contributed by atoms with Crippen LogP contribution in [0.1, 0.15) is 5.56 Å². The Hall–Kier alpha value is -2.17. The van der Waals surface area contributed by atoms with E-state index in [1.807, 2.05) is 18.2 Å². The summed E-state index contributed by atoms with van der Waals surface area (Å²) in [4.78, 5) is 21.8. The summed E-state index contributed by atoms with van der Waals surface area (Å²) in [6.07, 6.45) is 1.69. The Morgan fingerprint density at radius 2 is 2.19 bits per heavy atom. The molecule has 2 rings (SSSR count). The molecule has 0 saturated carbocycles. The summed E-state index contributed by atoms with van der Waals surface area (Å²) in [5.41, 5.74) is 1.43. The molecule has 5 heteroatoms. The van der Waals surface area contributed by atoms with E-state index in [9.17, 15) is 9.70 Å². The molecular formula is C11H10N2O3. The maximum Gasteiger partial charge on any atom is 0.310 e. The van der Waals surface area contributed by atoms with Crippen molar-refractivity contribution < 1.29 is 9.53 Å². The Morgan fingerprint density at radius 3 is 2.88 bits per heavy atom. The zero-order valence-electron chi connectivity index (χ0n) is 8.71. The minimum absolute atomic E-state index is 0.138. The number of hydrogen-bond donors (Lipinski definition) is 0. The molecule has 0 N–H and O–H groups in total. The molecule has 1 aromatic carbocycles. The van der Waals surface area contributed by atoms with Crippen molar-refractivity contribution in [2.75, 3.05) is 7.11 Å². The van der Waals surface area contributed by atoms with Crippen molar-refractivity contribution in [1.29, 1.82) is 0 Å². The quantitative estimate of drug-likeness (QED) is 0.583. The molecule has 1 aromatic heterocycles. The van der Waals surface area contributed by atoms with E-state index in [-0.39, 0.29) is 12.4 Å². The fraction of sp³-hybridized carbons (Fsp3) is 0.182. The van der Waals surface area contributed by atoms with Crippen LogP contribution in [0.25, 0.3) is 10.9 Å². The molecule has 0 spiro atoms. The molecule has 0 bridgehead atoms. The second-order valence-electron chi connectivity index (χ2n) is 3.35. The van der Waals surface area contributed by atoms with Crippen LogP contribution in [0.15, 0.2) is 35.7 Å². The second-order valence-corrected chi connectivity index (χ2v) is 3.35. The van der Waals surface area contributed by atoms with Crippen molar-refractivity contribution in [2.24, 2.45) is 5.29 Å². The Balaban J connectivity index is 2.53. The van der Waals surface area contributed by atoms with Gasteiger partial charge in [0.25, 0.3) is 0 Å². The second kappa shape index (κ2) is 4.14. The predicted molar refractivity (Wildman–Crippen MR) is 58.9 cm³/mol. The lowest BCUT2D eigenvalue weighted by Gasteiger charge is -1.96. The van der Waals surface area contributed by atoms with Gasteiger partial charge in [0.15, 0.2) is 0 Å². The van der Waals surface area contributed by atoms with Gasteiger partial charge in [-0.25, -0.2) is 4.68 Å². The number of hydrogen-bond acceptors (Lipinski definition) is 4. The molecular weight excluding hydrogens is 208 g/mol. The van der Waals surface area contributed by atoms with E-state index >= 15 is 0 Å². The third-order valence-electron chi connectivity index (χ3n) is 2.43. The predicted octanol–water partition coefficient (Wildman–Crippen LogP) is 1.89. The van der Waals surface area contributed by atoms with Crippen LogP contribution >= 0.6 is 0 Å². The van der Waals surface area contributed by atoms with Gasteiger partial charge in [0, 0.05) is 11.6 Å². The third-order valence-corrected chi connectivity index (χ3v) is 2.43. The lowest BCUT2D eigenvalue weighted by atomic mass is 10.1.